The lowest BCUT2D eigenvalue weighted by Gasteiger charge is -2.26. The Morgan fingerprint density at radius 1 is 0.697 bits per heavy atom. The maximum atomic E-state index is 5.36. The molecule has 5 rings (SSSR count). The average Bonchev–Trinajstić information content (AvgIpc) is 3.49. The molecule has 0 saturated carbocycles. The van der Waals surface area contributed by atoms with Crippen LogP contribution < -0.4 is 14.4 Å². The maximum absolute atomic E-state index is 5.36. The van der Waals surface area contributed by atoms with Gasteiger partial charge >= 0.3 is 0 Å². The summed E-state index contributed by atoms with van der Waals surface area (Å²) in [5.74, 6) is 1.68. The van der Waals surface area contributed by atoms with Crippen LogP contribution in [-0.4, -0.2) is 20.5 Å². The normalized spacial score (nSPS) is 11.0. The Bertz CT molecular complexity index is 1310. The quantitative estimate of drug-likeness (QED) is 0.213. The van der Waals surface area contributed by atoms with E-state index in [1.165, 1.54) is 24.7 Å². The monoisotopic (exact) mass is 489 g/mol. The van der Waals surface area contributed by atoms with Crippen molar-refractivity contribution in [3.8, 4) is 21.9 Å². The Kier molecular flexibility index (Phi) is 6.31. The highest BCUT2D eigenvalue weighted by Crippen LogP contribution is 2.46. The van der Waals surface area contributed by atoms with E-state index in [0.29, 0.717) is 0 Å². The summed E-state index contributed by atoms with van der Waals surface area (Å²) in [4.78, 5) is 3.58. The third kappa shape index (κ3) is 4.22. The van der Waals surface area contributed by atoms with Crippen LogP contribution in [-0.2, 0) is 0 Å². The third-order valence-corrected chi connectivity index (χ3v) is 9.09. The van der Waals surface area contributed by atoms with Crippen molar-refractivity contribution in [2.24, 2.45) is 0 Å². The van der Waals surface area contributed by atoms with Gasteiger partial charge in [0, 0.05) is 27.3 Å². The van der Waals surface area contributed by atoms with Crippen molar-refractivity contribution in [1.82, 2.24) is 0 Å². The van der Waals surface area contributed by atoms with Crippen molar-refractivity contribution in [2.45, 2.75) is 4.21 Å². The van der Waals surface area contributed by atoms with Crippen LogP contribution >= 0.6 is 34.4 Å². The molecule has 0 aliphatic rings. The molecule has 3 aromatic carbocycles. The molecular weight excluding hydrogens is 467 g/mol. The Hall–Kier alpha value is -2.93. The van der Waals surface area contributed by atoms with Crippen LogP contribution in [0.15, 0.2) is 88.5 Å². The van der Waals surface area contributed by atoms with Crippen molar-refractivity contribution >= 4 is 61.6 Å². The minimum Gasteiger partial charge on any atom is -0.497 e. The van der Waals surface area contributed by atoms with Crippen LogP contribution in [0.3, 0.4) is 0 Å². The molecule has 0 saturated heterocycles. The zero-order valence-electron chi connectivity index (χ0n) is 18.6. The van der Waals surface area contributed by atoms with E-state index in [1.807, 2.05) is 58.7 Å². The van der Waals surface area contributed by atoms with E-state index in [0.717, 1.165) is 28.6 Å². The van der Waals surface area contributed by atoms with E-state index in [4.69, 9.17) is 9.47 Å². The molecule has 0 fully saturated rings. The zero-order chi connectivity index (χ0) is 22.8. The number of rotatable bonds is 7. The first kappa shape index (κ1) is 21.9. The predicted octanol–water partition coefficient (Wildman–Crippen LogP) is 8.84. The topological polar surface area (TPSA) is 21.7 Å². The summed E-state index contributed by atoms with van der Waals surface area (Å²) in [6, 6.07) is 27.3. The maximum Gasteiger partial charge on any atom is 0.119 e. The number of nitrogens with zero attached hydrogens (tertiary/aromatic N) is 1. The number of thioether (sulfide) groups is 1. The SMILES string of the molecule is COc1ccc(N(c2ccc(OC)cc2)c2ccc(-c3sc(SC)c4sccc34)cc2)cc1. The summed E-state index contributed by atoms with van der Waals surface area (Å²) >= 11 is 5.53. The van der Waals surface area contributed by atoms with E-state index in [-0.39, 0.29) is 0 Å². The molecule has 0 N–H and O–H groups in total. The molecule has 0 spiro atoms. The summed E-state index contributed by atoms with van der Waals surface area (Å²) in [6.45, 7) is 0. The molecule has 166 valence electrons. The summed E-state index contributed by atoms with van der Waals surface area (Å²) < 4.78 is 13.5. The number of hydrogen-bond acceptors (Lipinski definition) is 6. The van der Waals surface area contributed by atoms with Gasteiger partial charge in [0.15, 0.2) is 0 Å². The minimum absolute atomic E-state index is 0.839. The lowest BCUT2D eigenvalue weighted by Crippen LogP contribution is -2.09. The van der Waals surface area contributed by atoms with Gasteiger partial charge in [-0.1, -0.05) is 12.1 Å². The van der Waals surface area contributed by atoms with E-state index in [1.54, 1.807) is 14.2 Å². The molecule has 33 heavy (non-hydrogen) atoms. The van der Waals surface area contributed by atoms with Crippen LogP contribution in [0.1, 0.15) is 0 Å². The number of ether oxygens (including phenoxy) is 2. The molecular formula is C27H23NO2S3. The highest BCUT2D eigenvalue weighted by molar-refractivity contribution is 8.01. The Labute approximate surface area is 206 Å². The van der Waals surface area contributed by atoms with Gasteiger partial charge in [0.2, 0.25) is 0 Å². The summed E-state index contributed by atoms with van der Waals surface area (Å²) in [6.07, 6.45) is 2.15. The molecule has 0 radical (unpaired) electrons. The first-order valence-corrected chi connectivity index (χ1v) is 13.4. The molecule has 3 nitrogen and oxygen atoms in total. The molecule has 5 aromatic rings. The van der Waals surface area contributed by atoms with E-state index >= 15 is 0 Å². The first-order chi connectivity index (χ1) is 16.2. The van der Waals surface area contributed by atoms with Crippen molar-refractivity contribution in [2.75, 3.05) is 25.4 Å². The number of thiophene rings is 2. The van der Waals surface area contributed by atoms with Gasteiger partial charge in [-0.2, -0.15) is 0 Å². The molecule has 6 heteroatoms. The van der Waals surface area contributed by atoms with Gasteiger partial charge in [-0.05, 0) is 83.9 Å². The second kappa shape index (κ2) is 9.51. The lowest BCUT2D eigenvalue weighted by atomic mass is 10.1. The van der Waals surface area contributed by atoms with Gasteiger partial charge in [0.1, 0.15) is 11.5 Å². The standard InChI is InChI=1S/C27H23NO2S3/c1-29-22-12-8-20(9-13-22)28(21-10-14-23(30-2)15-11-21)19-6-4-18(5-7-19)25-24-16-17-32-26(24)27(31-3)33-25/h4-17H,1-3H3. The molecule has 2 heterocycles. The second-order valence-electron chi connectivity index (χ2n) is 7.36. The Balaban J connectivity index is 1.56. The van der Waals surface area contributed by atoms with Gasteiger partial charge in [0.05, 0.1) is 23.1 Å². The molecule has 0 bridgehead atoms. The summed E-state index contributed by atoms with van der Waals surface area (Å²) in [5, 5.41) is 3.54. The number of benzene rings is 3. The Morgan fingerprint density at radius 3 is 1.70 bits per heavy atom. The molecule has 0 aliphatic carbocycles. The molecule has 0 aliphatic heterocycles. The van der Waals surface area contributed by atoms with E-state index < -0.39 is 0 Å². The van der Waals surface area contributed by atoms with Crippen LogP contribution in [0.2, 0.25) is 0 Å². The van der Waals surface area contributed by atoms with Gasteiger partial charge in [-0.15, -0.1) is 34.4 Å². The largest absolute Gasteiger partial charge is 0.497 e. The summed E-state index contributed by atoms with van der Waals surface area (Å²) in [5.41, 5.74) is 4.47. The van der Waals surface area contributed by atoms with Crippen LogP contribution in [0.4, 0.5) is 17.1 Å². The fraction of sp³-hybridized carbons (Fsp3) is 0.111. The third-order valence-electron chi connectivity index (χ3n) is 5.52. The van der Waals surface area contributed by atoms with Crippen LogP contribution in [0, 0.1) is 0 Å². The molecule has 2 aromatic heterocycles. The summed E-state index contributed by atoms with van der Waals surface area (Å²) in [7, 11) is 3.37. The molecule has 0 atom stereocenters. The van der Waals surface area contributed by atoms with Gasteiger partial charge in [0.25, 0.3) is 0 Å². The van der Waals surface area contributed by atoms with Gasteiger partial charge in [-0.3, -0.25) is 0 Å². The second-order valence-corrected chi connectivity index (χ2v) is 10.4. The number of anilines is 3. The highest BCUT2D eigenvalue weighted by Gasteiger charge is 2.16. The Morgan fingerprint density at radius 2 is 1.21 bits per heavy atom. The van der Waals surface area contributed by atoms with Crippen molar-refractivity contribution in [3.63, 3.8) is 0 Å². The fourth-order valence-electron chi connectivity index (χ4n) is 3.86. The average molecular weight is 490 g/mol. The smallest absolute Gasteiger partial charge is 0.119 e. The number of methoxy groups -OCH3 is 2. The van der Waals surface area contributed by atoms with Gasteiger partial charge in [-0.25, -0.2) is 0 Å². The molecule has 0 unspecified atom stereocenters. The van der Waals surface area contributed by atoms with Gasteiger partial charge < -0.3 is 14.4 Å². The van der Waals surface area contributed by atoms with E-state index in [9.17, 15) is 0 Å². The highest BCUT2D eigenvalue weighted by atomic mass is 32.2. The predicted molar refractivity (Wildman–Crippen MR) is 145 cm³/mol. The van der Waals surface area contributed by atoms with E-state index in [2.05, 4.69) is 71.1 Å². The number of fused-ring (bicyclic) bond motifs is 1. The first-order valence-electron chi connectivity index (χ1n) is 10.4. The minimum atomic E-state index is 0.839. The van der Waals surface area contributed by atoms with Crippen molar-refractivity contribution < 1.29 is 9.47 Å². The van der Waals surface area contributed by atoms with Crippen LogP contribution in [0.5, 0.6) is 11.5 Å². The van der Waals surface area contributed by atoms with Crippen molar-refractivity contribution in [1.29, 1.82) is 0 Å². The fourth-order valence-corrected chi connectivity index (χ4v) is 7.12. The molecule has 0 amide bonds. The van der Waals surface area contributed by atoms with Crippen molar-refractivity contribution in [3.05, 3.63) is 84.2 Å². The van der Waals surface area contributed by atoms with Crippen LogP contribution in [0.25, 0.3) is 20.5 Å². The lowest BCUT2D eigenvalue weighted by molar-refractivity contribution is 0.415. The zero-order valence-corrected chi connectivity index (χ0v) is 21.0. The number of hydrogen-bond donors (Lipinski definition) is 0.